The van der Waals surface area contributed by atoms with E-state index in [-0.39, 0.29) is 4.90 Å². The van der Waals surface area contributed by atoms with E-state index < -0.39 is 16.9 Å². The molecule has 0 heterocycles. The van der Waals surface area contributed by atoms with Crippen molar-refractivity contribution in [3.05, 3.63) is 121 Å². The van der Waals surface area contributed by atoms with Crippen LogP contribution in [-0.2, 0) is 14.1 Å². The molecule has 0 aliphatic rings. The Kier molecular flexibility index (Phi) is 5.57. The van der Waals surface area contributed by atoms with Gasteiger partial charge in [-0.25, -0.2) is 0 Å². The molecule has 0 N–H and O–H groups in total. The molecule has 158 valence electrons. The van der Waals surface area contributed by atoms with E-state index in [2.05, 4.69) is 0 Å². The van der Waals surface area contributed by atoms with Crippen molar-refractivity contribution in [1.29, 1.82) is 0 Å². The van der Waals surface area contributed by atoms with Crippen LogP contribution in [0.3, 0.4) is 0 Å². The van der Waals surface area contributed by atoms with Crippen LogP contribution in [-0.4, -0.2) is 15.1 Å². The van der Waals surface area contributed by atoms with E-state index in [0.29, 0.717) is 0 Å². The number of rotatable bonds is 6. The predicted octanol–water partition coefficient (Wildman–Crippen LogP) is 4.77. The molecule has 0 amide bonds. The number of hydrogen-bond donors (Lipinski definition) is 0. The van der Waals surface area contributed by atoms with Crippen LogP contribution in [0.2, 0.25) is 0 Å². The summed E-state index contributed by atoms with van der Waals surface area (Å²) < 4.78 is 33.9. The normalized spacial score (nSPS) is 13.3. The third kappa shape index (κ3) is 3.72. The molecule has 5 heteroatoms. The Morgan fingerprint density at radius 1 is 0.581 bits per heavy atom. The van der Waals surface area contributed by atoms with Gasteiger partial charge in [0.2, 0.25) is 0 Å². The quantitative estimate of drug-likeness (QED) is 0.399. The first kappa shape index (κ1) is 21.5. The van der Waals surface area contributed by atoms with Gasteiger partial charge in [-0.1, -0.05) is 0 Å². The Bertz CT molecular complexity index is 1170. The predicted molar refractivity (Wildman–Crippen MR) is 131 cm³/mol. The van der Waals surface area contributed by atoms with Crippen LogP contribution in [0.15, 0.2) is 120 Å². The van der Waals surface area contributed by atoms with Gasteiger partial charge in [-0.15, -0.1) is 0 Å². The van der Waals surface area contributed by atoms with Crippen molar-refractivity contribution in [2.75, 3.05) is 6.66 Å². The minimum atomic E-state index is -4.08. The second-order valence-corrected chi connectivity index (χ2v) is 14.3. The summed E-state index contributed by atoms with van der Waals surface area (Å²) in [5.74, 6) is 0. The van der Waals surface area contributed by atoms with Crippen molar-refractivity contribution in [2.45, 2.75) is 11.8 Å². The third-order valence-electron chi connectivity index (χ3n) is 5.73. The zero-order chi connectivity index (χ0) is 22.0. The molecule has 0 aromatic heterocycles. The molecule has 4 aromatic rings. The topological polar surface area (TPSA) is 43.4 Å². The van der Waals surface area contributed by atoms with Crippen LogP contribution >= 0.6 is 6.83 Å². The van der Waals surface area contributed by atoms with E-state index in [1.165, 1.54) is 0 Å². The average molecular weight is 449 g/mol. The van der Waals surface area contributed by atoms with Crippen molar-refractivity contribution in [3.8, 4) is 0 Å². The van der Waals surface area contributed by atoms with Crippen LogP contribution in [0.1, 0.15) is 5.56 Å². The molecular weight excluding hydrogens is 423 g/mol. The molecule has 0 aliphatic heterocycles. The first-order valence-electron chi connectivity index (χ1n) is 10.1. The maximum absolute atomic E-state index is 13.7. The summed E-state index contributed by atoms with van der Waals surface area (Å²) in [6, 6.07) is 35.9. The summed E-state index contributed by atoms with van der Waals surface area (Å²) in [4.78, 5) is 0.150. The van der Waals surface area contributed by atoms with Gasteiger partial charge in [0.1, 0.15) is 0 Å². The minimum absolute atomic E-state index is 0.150. The molecule has 0 unspecified atom stereocenters. The first-order chi connectivity index (χ1) is 14.8. The fraction of sp³-hybridized carbons (Fsp3) is 0.0769. The average Bonchev–Trinajstić information content (AvgIpc) is 2.81. The Labute approximate surface area is 184 Å². The number of aryl methyl sites for hydroxylation is 1. The molecule has 31 heavy (non-hydrogen) atoms. The van der Waals surface area contributed by atoms with Gasteiger partial charge in [0, 0.05) is 0 Å². The van der Waals surface area contributed by atoms with Crippen LogP contribution in [0.25, 0.3) is 0 Å². The van der Waals surface area contributed by atoms with E-state index in [4.69, 9.17) is 3.97 Å². The van der Waals surface area contributed by atoms with Gasteiger partial charge >= 0.3 is 185 Å². The van der Waals surface area contributed by atoms with Crippen LogP contribution in [0.4, 0.5) is 0 Å². The molecule has 4 rings (SSSR count). The van der Waals surface area contributed by atoms with Crippen LogP contribution in [0.5, 0.6) is 0 Å². The van der Waals surface area contributed by atoms with Gasteiger partial charge in [0.05, 0.1) is 0 Å². The van der Waals surface area contributed by atoms with E-state index in [1.807, 2.05) is 105 Å². The second-order valence-electron chi connectivity index (χ2n) is 7.81. The Hall–Kier alpha value is -2.78. The molecule has 0 saturated heterocycles. The fourth-order valence-electron chi connectivity index (χ4n) is 3.93. The molecule has 4 aromatic carbocycles. The van der Waals surface area contributed by atoms with Gasteiger partial charge < -0.3 is 0 Å². The summed E-state index contributed by atoms with van der Waals surface area (Å²) in [5, 5.41) is 2.55. The molecule has 0 aliphatic carbocycles. The van der Waals surface area contributed by atoms with Crippen molar-refractivity contribution >= 4 is 32.9 Å². The summed E-state index contributed by atoms with van der Waals surface area (Å²) in [7, 11) is -4.08. The van der Waals surface area contributed by atoms with Crippen LogP contribution < -0.4 is 15.9 Å². The summed E-state index contributed by atoms with van der Waals surface area (Å²) in [6.45, 7) is 0.0311. The molecule has 0 bridgehead atoms. The standard InChI is InChI=1S/C26H25O3PS/c1-22-18-20-26(21-19-22)31(27,28)29-30(2,23-12-6-3-7-13-23,24-14-8-4-9-15-24)25-16-10-5-11-17-25/h3-21H,1-2H3. The van der Waals surface area contributed by atoms with Gasteiger partial charge in [0.25, 0.3) is 0 Å². The molecule has 0 spiro atoms. The molecule has 3 nitrogen and oxygen atoms in total. The molecular formula is C26H25O3PS. The second kappa shape index (κ2) is 8.05. The molecule has 0 radical (unpaired) electrons. The van der Waals surface area contributed by atoms with Crippen LogP contribution in [0, 0.1) is 6.92 Å². The van der Waals surface area contributed by atoms with E-state index >= 15 is 0 Å². The summed E-state index contributed by atoms with van der Waals surface area (Å²) >= 11 is 0. The van der Waals surface area contributed by atoms with Gasteiger partial charge in [-0.3, -0.25) is 0 Å². The summed E-state index contributed by atoms with van der Waals surface area (Å²) in [6.07, 6.45) is 0. The van der Waals surface area contributed by atoms with Crippen molar-refractivity contribution in [2.24, 2.45) is 0 Å². The molecule has 0 saturated carbocycles. The fourth-order valence-corrected chi connectivity index (χ4v) is 11.3. The molecule has 0 atom stereocenters. The van der Waals surface area contributed by atoms with Gasteiger partial charge in [0.15, 0.2) is 0 Å². The Morgan fingerprint density at radius 2 is 0.935 bits per heavy atom. The van der Waals surface area contributed by atoms with Gasteiger partial charge in [-0.2, -0.15) is 0 Å². The third-order valence-corrected chi connectivity index (χ3v) is 13.5. The first-order valence-corrected chi connectivity index (χ1v) is 14.1. The monoisotopic (exact) mass is 448 g/mol. The van der Waals surface area contributed by atoms with E-state index in [9.17, 15) is 8.42 Å². The number of benzene rings is 4. The van der Waals surface area contributed by atoms with E-state index in [1.54, 1.807) is 24.3 Å². The zero-order valence-electron chi connectivity index (χ0n) is 17.5. The Morgan fingerprint density at radius 3 is 1.29 bits per heavy atom. The van der Waals surface area contributed by atoms with E-state index in [0.717, 1.165) is 21.5 Å². The maximum atomic E-state index is 13.7. The summed E-state index contributed by atoms with van der Waals surface area (Å²) in [5.41, 5.74) is 0.988. The number of hydrogen-bond acceptors (Lipinski definition) is 3. The van der Waals surface area contributed by atoms with Crippen molar-refractivity contribution < 1.29 is 12.4 Å². The zero-order valence-corrected chi connectivity index (χ0v) is 19.3. The SMILES string of the molecule is Cc1ccc(S(=O)(=O)OP(C)(c2ccccc2)(c2ccccc2)c2ccccc2)cc1. The van der Waals surface area contributed by atoms with Gasteiger partial charge in [-0.05, 0) is 0 Å². The van der Waals surface area contributed by atoms with Crippen molar-refractivity contribution in [3.63, 3.8) is 0 Å². The Balaban J connectivity index is 2.07. The molecule has 0 fully saturated rings. The van der Waals surface area contributed by atoms with Crippen molar-refractivity contribution in [1.82, 2.24) is 0 Å².